The summed E-state index contributed by atoms with van der Waals surface area (Å²) in [5, 5.41) is 0. The number of hydrogen-bond acceptors (Lipinski definition) is 4. The Balaban J connectivity index is 1.59. The van der Waals surface area contributed by atoms with E-state index in [-0.39, 0.29) is 11.3 Å². The van der Waals surface area contributed by atoms with Crippen LogP contribution in [-0.4, -0.2) is 42.0 Å². The van der Waals surface area contributed by atoms with Crippen molar-refractivity contribution in [1.82, 2.24) is 9.88 Å². The third kappa shape index (κ3) is 4.03. The number of aromatic nitrogens is 1. The Morgan fingerprint density at radius 1 is 1.12 bits per heavy atom. The molecule has 25 heavy (non-hydrogen) atoms. The maximum atomic E-state index is 12.6. The standard InChI is InChI=1S/C20H27N3O2/c1-15-17(25-19(21-15)20(2,3)4)14-18(24)23-12-10-22(11-13-23)16-8-6-5-7-9-16/h5-9H,10-14H2,1-4H3. The van der Waals surface area contributed by atoms with Gasteiger partial charge in [0.15, 0.2) is 5.89 Å². The van der Waals surface area contributed by atoms with Gasteiger partial charge in [0.2, 0.25) is 5.91 Å². The lowest BCUT2D eigenvalue weighted by Crippen LogP contribution is -2.49. The van der Waals surface area contributed by atoms with Crippen LogP contribution in [0.1, 0.15) is 38.1 Å². The molecule has 0 N–H and O–H groups in total. The molecule has 1 aromatic carbocycles. The second kappa shape index (κ2) is 6.90. The van der Waals surface area contributed by atoms with Crippen LogP contribution in [0.15, 0.2) is 34.7 Å². The number of piperazine rings is 1. The zero-order chi connectivity index (χ0) is 18.0. The highest BCUT2D eigenvalue weighted by Gasteiger charge is 2.26. The molecule has 1 fully saturated rings. The van der Waals surface area contributed by atoms with Crippen LogP contribution < -0.4 is 4.90 Å². The summed E-state index contributed by atoms with van der Waals surface area (Å²) in [4.78, 5) is 21.4. The van der Waals surface area contributed by atoms with Crippen LogP contribution in [0.25, 0.3) is 0 Å². The lowest BCUT2D eigenvalue weighted by Gasteiger charge is -2.36. The molecular weight excluding hydrogens is 314 g/mol. The predicted octanol–water partition coefficient (Wildman–Crippen LogP) is 3.17. The van der Waals surface area contributed by atoms with Crippen molar-refractivity contribution in [2.24, 2.45) is 0 Å². The molecule has 1 amide bonds. The fourth-order valence-corrected chi connectivity index (χ4v) is 3.01. The molecule has 134 valence electrons. The number of rotatable bonds is 3. The molecule has 1 aromatic heterocycles. The third-order valence-corrected chi connectivity index (χ3v) is 4.60. The highest BCUT2D eigenvalue weighted by molar-refractivity contribution is 5.78. The zero-order valence-electron chi connectivity index (χ0n) is 15.6. The highest BCUT2D eigenvalue weighted by Crippen LogP contribution is 2.24. The molecule has 3 rings (SSSR count). The van der Waals surface area contributed by atoms with Gasteiger partial charge in [-0.05, 0) is 19.1 Å². The number of hydrogen-bond donors (Lipinski definition) is 0. The van der Waals surface area contributed by atoms with Gasteiger partial charge in [0.1, 0.15) is 5.76 Å². The van der Waals surface area contributed by atoms with Crippen molar-refractivity contribution in [1.29, 1.82) is 0 Å². The van der Waals surface area contributed by atoms with E-state index in [4.69, 9.17) is 4.42 Å². The summed E-state index contributed by atoms with van der Waals surface area (Å²) in [7, 11) is 0. The van der Waals surface area contributed by atoms with Gasteiger partial charge in [0, 0.05) is 37.3 Å². The van der Waals surface area contributed by atoms with E-state index in [0.29, 0.717) is 18.1 Å². The van der Waals surface area contributed by atoms with E-state index in [1.54, 1.807) is 0 Å². The maximum absolute atomic E-state index is 12.6. The molecule has 2 aromatic rings. The van der Waals surface area contributed by atoms with Gasteiger partial charge in [-0.2, -0.15) is 0 Å². The van der Waals surface area contributed by atoms with Crippen molar-refractivity contribution in [2.45, 2.75) is 39.5 Å². The summed E-state index contributed by atoms with van der Waals surface area (Å²) < 4.78 is 5.86. The number of para-hydroxylation sites is 1. The van der Waals surface area contributed by atoms with Crippen LogP contribution in [0, 0.1) is 6.92 Å². The average Bonchev–Trinajstić information content (AvgIpc) is 2.97. The second-order valence-corrected chi connectivity index (χ2v) is 7.66. The van der Waals surface area contributed by atoms with Gasteiger partial charge in [0.25, 0.3) is 0 Å². The van der Waals surface area contributed by atoms with Crippen molar-refractivity contribution in [3.8, 4) is 0 Å². The Morgan fingerprint density at radius 2 is 1.76 bits per heavy atom. The van der Waals surface area contributed by atoms with E-state index >= 15 is 0 Å². The minimum absolute atomic E-state index is 0.118. The van der Waals surface area contributed by atoms with Crippen molar-refractivity contribution >= 4 is 11.6 Å². The fraction of sp³-hybridized carbons (Fsp3) is 0.500. The molecule has 1 saturated heterocycles. The van der Waals surface area contributed by atoms with Gasteiger partial charge in [-0.15, -0.1) is 0 Å². The van der Waals surface area contributed by atoms with Gasteiger partial charge >= 0.3 is 0 Å². The average molecular weight is 341 g/mol. The van der Waals surface area contributed by atoms with E-state index < -0.39 is 0 Å². The number of oxazole rings is 1. The topological polar surface area (TPSA) is 49.6 Å². The van der Waals surface area contributed by atoms with Gasteiger partial charge < -0.3 is 14.2 Å². The lowest BCUT2D eigenvalue weighted by atomic mass is 9.97. The molecule has 0 unspecified atom stereocenters. The molecule has 2 heterocycles. The first-order valence-corrected chi connectivity index (χ1v) is 8.89. The van der Waals surface area contributed by atoms with Gasteiger partial charge in [-0.3, -0.25) is 4.79 Å². The van der Waals surface area contributed by atoms with E-state index in [2.05, 4.69) is 42.8 Å². The van der Waals surface area contributed by atoms with Crippen LogP contribution in [0.4, 0.5) is 5.69 Å². The number of anilines is 1. The molecule has 0 radical (unpaired) electrons. The maximum Gasteiger partial charge on any atom is 0.230 e. The molecule has 0 atom stereocenters. The molecule has 1 aliphatic rings. The Bertz CT molecular complexity index is 723. The van der Waals surface area contributed by atoms with E-state index in [0.717, 1.165) is 31.9 Å². The van der Waals surface area contributed by atoms with E-state index in [9.17, 15) is 4.79 Å². The van der Waals surface area contributed by atoms with Gasteiger partial charge in [-0.1, -0.05) is 39.0 Å². The van der Waals surface area contributed by atoms with Crippen LogP contribution in [0.3, 0.4) is 0 Å². The normalized spacial score (nSPS) is 15.5. The Labute approximate surface area is 149 Å². The number of benzene rings is 1. The monoisotopic (exact) mass is 341 g/mol. The molecule has 5 heteroatoms. The summed E-state index contributed by atoms with van der Waals surface area (Å²) in [6, 6.07) is 10.3. The summed E-state index contributed by atoms with van der Waals surface area (Å²) in [6.07, 6.45) is 0.292. The molecular formula is C20H27N3O2. The first-order valence-electron chi connectivity index (χ1n) is 8.89. The zero-order valence-corrected chi connectivity index (χ0v) is 15.6. The number of nitrogens with zero attached hydrogens (tertiary/aromatic N) is 3. The summed E-state index contributed by atoms with van der Waals surface area (Å²) in [5.41, 5.74) is 1.89. The summed E-state index contributed by atoms with van der Waals surface area (Å²) in [6.45, 7) is 11.3. The van der Waals surface area contributed by atoms with Crippen LogP contribution >= 0.6 is 0 Å². The number of amides is 1. The van der Waals surface area contributed by atoms with Crippen LogP contribution in [0.2, 0.25) is 0 Å². The van der Waals surface area contributed by atoms with Gasteiger partial charge in [-0.25, -0.2) is 4.98 Å². The summed E-state index contributed by atoms with van der Waals surface area (Å²) >= 11 is 0. The minimum atomic E-state index is -0.145. The largest absolute Gasteiger partial charge is 0.444 e. The van der Waals surface area contributed by atoms with Crippen molar-refractivity contribution in [3.63, 3.8) is 0 Å². The van der Waals surface area contributed by atoms with E-state index in [1.807, 2.05) is 30.0 Å². The molecule has 5 nitrogen and oxygen atoms in total. The number of carbonyl (C=O) groups excluding carboxylic acids is 1. The first-order chi connectivity index (χ1) is 11.8. The van der Waals surface area contributed by atoms with Crippen molar-refractivity contribution < 1.29 is 9.21 Å². The summed E-state index contributed by atoms with van der Waals surface area (Å²) in [5.74, 6) is 1.51. The molecule has 0 saturated carbocycles. The van der Waals surface area contributed by atoms with E-state index in [1.165, 1.54) is 5.69 Å². The van der Waals surface area contributed by atoms with Crippen molar-refractivity contribution in [3.05, 3.63) is 47.7 Å². The third-order valence-electron chi connectivity index (χ3n) is 4.60. The smallest absolute Gasteiger partial charge is 0.230 e. The van der Waals surface area contributed by atoms with Gasteiger partial charge in [0.05, 0.1) is 12.1 Å². The molecule has 0 aliphatic carbocycles. The minimum Gasteiger partial charge on any atom is -0.444 e. The Morgan fingerprint density at radius 3 is 2.32 bits per heavy atom. The highest BCUT2D eigenvalue weighted by atomic mass is 16.4. The molecule has 0 spiro atoms. The number of aryl methyl sites for hydroxylation is 1. The quantitative estimate of drug-likeness (QED) is 0.860. The lowest BCUT2D eigenvalue weighted by molar-refractivity contribution is -0.131. The predicted molar refractivity (Wildman–Crippen MR) is 98.9 cm³/mol. The molecule has 0 bridgehead atoms. The Hall–Kier alpha value is -2.30. The Kier molecular flexibility index (Phi) is 4.84. The SMILES string of the molecule is Cc1nc(C(C)(C)C)oc1CC(=O)N1CCN(c2ccccc2)CC1. The fourth-order valence-electron chi connectivity index (χ4n) is 3.01. The van der Waals surface area contributed by atoms with Crippen LogP contribution in [0.5, 0.6) is 0 Å². The second-order valence-electron chi connectivity index (χ2n) is 7.66. The molecule has 1 aliphatic heterocycles. The van der Waals surface area contributed by atoms with Crippen molar-refractivity contribution in [2.75, 3.05) is 31.1 Å². The van der Waals surface area contributed by atoms with Crippen LogP contribution in [-0.2, 0) is 16.6 Å². The first kappa shape index (κ1) is 17.5. The number of carbonyl (C=O) groups is 1.